The predicted octanol–water partition coefficient (Wildman–Crippen LogP) is 3.64. The zero-order chi connectivity index (χ0) is 18.1. The molecule has 0 aliphatic carbocycles. The molecule has 0 heterocycles. The number of carbonyl (C=O) groups is 2. The highest BCUT2D eigenvalue weighted by Gasteiger charge is 2.08. The lowest BCUT2D eigenvalue weighted by Crippen LogP contribution is -2.22. The summed E-state index contributed by atoms with van der Waals surface area (Å²) in [7, 11) is 0. The Morgan fingerprint density at radius 2 is 1.56 bits per heavy atom. The second kappa shape index (κ2) is 9.37. The average Bonchev–Trinajstić information content (AvgIpc) is 2.63. The quantitative estimate of drug-likeness (QED) is 0.598. The number of hydrogen-bond donors (Lipinski definition) is 2. The van der Waals surface area contributed by atoms with Crippen LogP contribution in [0.4, 0.5) is 5.69 Å². The SMILES string of the molecule is CC/C(=N\NC(=O)CCC(=O)Nc1ccc(C)cc1)c1ccccc1. The van der Waals surface area contributed by atoms with Crippen molar-refractivity contribution in [3.63, 3.8) is 0 Å². The predicted molar refractivity (Wildman–Crippen MR) is 100 cm³/mol. The third-order valence-electron chi connectivity index (χ3n) is 3.67. The molecule has 25 heavy (non-hydrogen) atoms. The molecule has 130 valence electrons. The van der Waals surface area contributed by atoms with Gasteiger partial charge in [-0.05, 0) is 31.0 Å². The number of carbonyl (C=O) groups excluding carboxylic acids is 2. The number of hydrogen-bond acceptors (Lipinski definition) is 3. The minimum absolute atomic E-state index is 0.0903. The van der Waals surface area contributed by atoms with E-state index in [1.54, 1.807) is 0 Å². The lowest BCUT2D eigenvalue weighted by atomic mass is 10.1. The molecule has 2 N–H and O–H groups in total. The average molecular weight is 337 g/mol. The van der Waals surface area contributed by atoms with E-state index in [1.807, 2.05) is 68.4 Å². The lowest BCUT2D eigenvalue weighted by Gasteiger charge is -2.06. The third kappa shape index (κ3) is 6.22. The Bertz CT molecular complexity index is 737. The second-order valence-corrected chi connectivity index (χ2v) is 5.73. The molecule has 2 rings (SSSR count). The number of amides is 2. The van der Waals surface area contributed by atoms with Crippen molar-refractivity contribution < 1.29 is 9.59 Å². The molecule has 0 bridgehead atoms. The van der Waals surface area contributed by atoms with Gasteiger partial charge in [-0.3, -0.25) is 9.59 Å². The molecule has 0 spiro atoms. The molecule has 0 aliphatic rings. The monoisotopic (exact) mass is 337 g/mol. The number of anilines is 1. The van der Waals surface area contributed by atoms with Gasteiger partial charge in [0.2, 0.25) is 11.8 Å². The first-order chi connectivity index (χ1) is 12.1. The fourth-order valence-corrected chi connectivity index (χ4v) is 2.25. The van der Waals surface area contributed by atoms with Crippen molar-refractivity contribution in [1.82, 2.24) is 5.43 Å². The molecule has 0 aliphatic heterocycles. The van der Waals surface area contributed by atoms with Gasteiger partial charge in [0.1, 0.15) is 0 Å². The summed E-state index contributed by atoms with van der Waals surface area (Å²) in [4.78, 5) is 23.8. The van der Waals surface area contributed by atoms with E-state index in [2.05, 4.69) is 15.8 Å². The Kier molecular flexibility index (Phi) is 6.89. The number of benzene rings is 2. The van der Waals surface area contributed by atoms with Crippen molar-refractivity contribution in [2.24, 2.45) is 5.10 Å². The van der Waals surface area contributed by atoms with E-state index >= 15 is 0 Å². The van der Waals surface area contributed by atoms with Gasteiger partial charge in [-0.15, -0.1) is 0 Å². The lowest BCUT2D eigenvalue weighted by molar-refractivity contribution is -0.124. The summed E-state index contributed by atoms with van der Waals surface area (Å²) in [5.74, 6) is -0.470. The van der Waals surface area contributed by atoms with Crippen LogP contribution in [-0.2, 0) is 9.59 Å². The Balaban J connectivity index is 1.80. The Morgan fingerprint density at radius 3 is 2.20 bits per heavy atom. The molecule has 0 unspecified atom stereocenters. The van der Waals surface area contributed by atoms with E-state index in [1.165, 1.54) is 0 Å². The highest BCUT2D eigenvalue weighted by Crippen LogP contribution is 2.09. The number of aryl methyl sites for hydroxylation is 1. The number of nitrogens with zero attached hydrogens (tertiary/aromatic N) is 1. The van der Waals surface area contributed by atoms with Gasteiger partial charge in [0.05, 0.1) is 5.71 Å². The molecule has 0 aromatic heterocycles. The van der Waals surface area contributed by atoms with Crippen LogP contribution in [0.1, 0.15) is 37.3 Å². The van der Waals surface area contributed by atoms with Crippen molar-refractivity contribution >= 4 is 23.2 Å². The van der Waals surface area contributed by atoms with E-state index in [9.17, 15) is 9.59 Å². The molecule has 2 aromatic rings. The molecular weight excluding hydrogens is 314 g/mol. The van der Waals surface area contributed by atoms with Crippen LogP contribution in [0.2, 0.25) is 0 Å². The van der Waals surface area contributed by atoms with E-state index in [0.29, 0.717) is 6.42 Å². The molecule has 0 radical (unpaired) electrons. The minimum Gasteiger partial charge on any atom is -0.326 e. The van der Waals surface area contributed by atoms with Crippen LogP contribution in [0, 0.1) is 6.92 Å². The molecule has 2 amide bonds. The number of rotatable bonds is 7. The summed E-state index contributed by atoms with van der Waals surface area (Å²) in [5, 5.41) is 6.94. The van der Waals surface area contributed by atoms with Crippen molar-refractivity contribution in [3.8, 4) is 0 Å². The van der Waals surface area contributed by atoms with Gasteiger partial charge in [0.15, 0.2) is 0 Å². The molecule has 2 aromatic carbocycles. The van der Waals surface area contributed by atoms with E-state index in [4.69, 9.17) is 0 Å². The van der Waals surface area contributed by atoms with Crippen molar-refractivity contribution in [2.45, 2.75) is 33.1 Å². The summed E-state index contributed by atoms with van der Waals surface area (Å²) in [5.41, 5.74) is 6.16. The van der Waals surface area contributed by atoms with Crippen molar-refractivity contribution in [1.29, 1.82) is 0 Å². The number of hydrazone groups is 1. The first-order valence-electron chi connectivity index (χ1n) is 8.36. The van der Waals surface area contributed by atoms with E-state index < -0.39 is 0 Å². The van der Waals surface area contributed by atoms with Crippen LogP contribution in [0.15, 0.2) is 59.7 Å². The smallest absolute Gasteiger partial charge is 0.240 e. The Labute approximate surface area is 148 Å². The van der Waals surface area contributed by atoms with Crippen LogP contribution in [0.3, 0.4) is 0 Å². The fourth-order valence-electron chi connectivity index (χ4n) is 2.25. The molecule has 5 nitrogen and oxygen atoms in total. The molecule has 0 saturated heterocycles. The molecule has 5 heteroatoms. The van der Waals surface area contributed by atoms with Gasteiger partial charge in [0.25, 0.3) is 0 Å². The maximum Gasteiger partial charge on any atom is 0.240 e. The standard InChI is InChI=1S/C20H23N3O2/c1-3-18(16-7-5-4-6-8-16)22-23-20(25)14-13-19(24)21-17-11-9-15(2)10-12-17/h4-12H,3,13-14H2,1-2H3,(H,21,24)(H,23,25)/b22-18+. The minimum atomic E-state index is -0.277. The highest BCUT2D eigenvalue weighted by atomic mass is 16.2. The largest absolute Gasteiger partial charge is 0.326 e. The van der Waals surface area contributed by atoms with Gasteiger partial charge in [-0.25, -0.2) is 5.43 Å². The zero-order valence-corrected chi connectivity index (χ0v) is 14.6. The topological polar surface area (TPSA) is 70.6 Å². The first-order valence-corrected chi connectivity index (χ1v) is 8.36. The van der Waals surface area contributed by atoms with Crippen LogP contribution in [0.25, 0.3) is 0 Å². The van der Waals surface area contributed by atoms with Crippen LogP contribution < -0.4 is 10.7 Å². The molecular formula is C20H23N3O2. The number of nitrogens with one attached hydrogen (secondary N) is 2. The zero-order valence-electron chi connectivity index (χ0n) is 14.6. The van der Waals surface area contributed by atoms with Crippen LogP contribution >= 0.6 is 0 Å². The summed E-state index contributed by atoms with van der Waals surface area (Å²) in [6.07, 6.45) is 0.910. The first kappa shape index (κ1) is 18.4. The van der Waals surface area contributed by atoms with Crippen molar-refractivity contribution in [2.75, 3.05) is 5.32 Å². The van der Waals surface area contributed by atoms with E-state index in [-0.39, 0.29) is 24.7 Å². The summed E-state index contributed by atoms with van der Waals surface area (Å²) >= 11 is 0. The van der Waals surface area contributed by atoms with E-state index in [0.717, 1.165) is 22.5 Å². The third-order valence-corrected chi connectivity index (χ3v) is 3.67. The van der Waals surface area contributed by atoms with Gasteiger partial charge in [-0.1, -0.05) is 55.0 Å². The maximum atomic E-state index is 11.9. The summed E-state index contributed by atoms with van der Waals surface area (Å²) < 4.78 is 0. The molecule has 0 fully saturated rings. The van der Waals surface area contributed by atoms with Crippen molar-refractivity contribution in [3.05, 3.63) is 65.7 Å². The summed E-state index contributed by atoms with van der Waals surface area (Å²) in [6.45, 7) is 3.96. The van der Waals surface area contributed by atoms with Gasteiger partial charge >= 0.3 is 0 Å². The highest BCUT2D eigenvalue weighted by molar-refractivity contribution is 6.01. The van der Waals surface area contributed by atoms with Crippen LogP contribution in [0.5, 0.6) is 0 Å². The van der Waals surface area contributed by atoms with Gasteiger partial charge in [-0.2, -0.15) is 5.10 Å². The second-order valence-electron chi connectivity index (χ2n) is 5.73. The van der Waals surface area contributed by atoms with Crippen LogP contribution in [-0.4, -0.2) is 17.5 Å². The van der Waals surface area contributed by atoms with Gasteiger partial charge in [0, 0.05) is 18.5 Å². The Hall–Kier alpha value is -2.95. The summed E-state index contributed by atoms with van der Waals surface area (Å²) in [6, 6.07) is 17.2. The fraction of sp³-hybridized carbons (Fsp3) is 0.250. The molecule has 0 saturated carbocycles. The maximum absolute atomic E-state index is 11.9. The Morgan fingerprint density at radius 1 is 0.920 bits per heavy atom. The molecule has 0 atom stereocenters. The van der Waals surface area contributed by atoms with Gasteiger partial charge < -0.3 is 5.32 Å². The normalized spacial score (nSPS) is 11.0.